The Morgan fingerprint density at radius 2 is 1.15 bits per heavy atom. The molecule has 0 radical (unpaired) electrons. The molecule has 18 heteroatoms. The number of aromatic nitrogens is 4. The molecule has 0 fully saturated rings. The van der Waals surface area contributed by atoms with Gasteiger partial charge < -0.3 is 55.9 Å². The number of hydrogen-bond donors (Lipinski definition) is 8. The minimum atomic E-state index is -0.405. The number of carbonyl (C=O) groups excluding carboxylic acids is 4. The summed E-state index contributed by atoms with van der Waals surface area (Å²) in [5.74, 6) is -1.61. The van der Waals surface area contributed by atoms with Crippen LogP contribution in [-0.4, -0.2) is 60.9 Å². The quantitative estimate of drug-likeness (QED) is 0.0444. The van der Waals surface area contributed by atoms with E-state index in [-0.39, 0.29) is 47.1 Å². The number of guanidine groups is 1. The van der Waals surface area contributed by atoms with E-state index in [0.29, 0.717) is 52.9 Å². The summed E-state index contributed by atoms with van der Waals surface area (Å²) in [6.45, 7) is 4.53. The second kappa shape index (κ2) is 15.9. The Hall–Kier alpha value is -5.42. The van der Waals surface area contributed by atoms with E-state index in [1.54, 1.807) is 77.8 Å². The average Bonchev–Trinajstić information content (AvgIpc) is 3.75. The van der Waals surface area contributed by atoms with Crippen molar-refractivity contribution in [3.05, 3.63) is 82.9 Å². The van der Waals surface area contributed by atoms with Gasteiger partial charge in [-0.15, -0.1) is 12.4 Å². The third-order valence-corrected chi connectivity index (χ3v) is 7.40. The highest BCUT2D eigenvalue weighted by molar-refractivity contribution is 9.12. The van der Waals surface area contributed by atoms with Gasteiger partial charge in [0.05, 0.1) is 33.8 Å². The molecule has 0 aliphatic heterocycles. The van der Waals surface area contributed by atoms with Gasteiger partial charge in [0.15, 0.2) is 5.96 Å². The lowest BCUT2D eigenvalue weighted by atomic mass is 10.3. The van der Waals surface area contributed by atoms with Crippen molar-refractivity contribution in [2.75, 3.05) is 34.4 Å². The zero-order valence-corrected chi connectivity index (χ0v) is 29.1. The monoisotopic (exact) mass is 744 g/mol. The normalized spacial score (nSPS) is 10.4. The Kier molecular flexibility index (Phi) is 12.3. The fourth-order valence-electron chi connectivity index (χ4n) is 4.70. The van der Waals surface area contributed by atoms with Crippen molar-refractivity contribution in [2.45, 2.75) is 6.54 Å². The smallest absolute Gasteiger partial charge is 0.272 e. The van der Waals surface area contributed by atoms with E-state index in [9.17, 15) is 19.2 Å². The molecule has 4 aromatic heterocycles. The standard InChI is InChI=1S/C30H37BrN12O4.ClH/c1-17(31)26(44)37-20-11-25(43(5)15-20)29(47)38-19-8-22(40(2)14-19)12-36-18-9-24(41(3)13-18)28(46)39-21-10-23(42(4)16-21)27(45)34-6-7-35-30(32)33;/h8-11,13-16,36H,1,6-7,12H2,2-5H3,(H,34,45)(H,37,44)(H,38,47)(H,39,46)(H4,32,33,35);1H. The first kappa shape index (κ1) is 37.0. The molecule has 256 valence electrons. The summed E-state index contributed by atoms with van der Waals surface area (Å²) in [6, 6.07) is 6.71. The zero-order valence-electron chi connectivity index (χ0n) is 26.7. The molecule has 0 bridgehead atoms. The van der Waals surface area contributed by atoms with E-state index in [4.69, 9.17) is 11.1 Å². The molecule has 4 rings (SSSR count). The molecule has 0 saturated heterocycles. The molecule has 0 aliphatic carbocycles. The summed E-state index contributed by atoms with van der Waals surface area (Å²) in [7, 11) is 7.02. The molecule has 0 aliphatic rings. The zero-order chi connectivity index (χ0) is 34.4. The lowest BCUT2D eigenvalue weighted by Gasteiger charge is -2.06. The van der Waals surface area contributed by atoms with Crippen LogP contribution in [0.3, 0.4) is 0 Å². The summed E-state index contributed by atoms with van der Waals surface area (Å²) in [6.07, 6.45) is 6.85. The van der Waals surface area contributed by atoms with Crippen LogP contribution in [0.4, 0.5) is 22.7 Å². The highest BCUT2D eigenvalue weighted by atomic mass is 79.9. The van der Waals surface area contributed by atoms with Crippen molar-refractivity contribution in [2.24, 2.45) is 33.9 Å². The van der Waals surface area contributed by atoms with E-state index < -0.39 is 5.91 Å². The molecule has 9 N–H and O–H groups in total. The highest BCUT2D eigenvalue weighted by Crippen LogP contribution is 2.21. The van der Waals surface area contributed by atoms with Gasteiger partial charge in [-0.1, -0.05) is 6.58 Å². The first-order chi connectivity index (χ1) is 22.2. The topological polar surface area (TPSA) is 210 Å². The van der Waals surface area contributed by atoms with Crippen molar-refractivity contribution in [3.8, 4) is 0 Å². The number of aryl methyl sites for hydroxylation is 4. The second-order valence-corrected chi connectivity index (χ2v) is 11.7. The Morgan fingerprint density at radius 1 is 0.708 bits per heavy atom. The predicted molar refractivity (Wildman–Crippen MR) is 191 cm³/mol. The number of nitrogens with one attached hydrogen (secondary N) is 7. The van der Waals surface area contributed by atoms with E-state index in [1.165, 1.54) is 0 Å². The summed E-state index contributed by atoms with van der Waals surface area (Å²) in [5.41, 5.74) is 9.44. The average molecular weight is 746 g/mol. The Bertz CT molecular complexity index is 1870. The molecule has 0 unspecified atom stereocenters. The van der Waals surface area contributed by atoms with Crippen LogP contribution in [0.5, 0.6) is 0 Å². The fourth-order valence-corrected chi connectivity index (χ4v) is 4.80. The van der Waals surface area contributed by atoms with E-state index >= 15 is 0 Å². The van der Waals surface area contributed by atoms with Gasteiger partial charge in [-0.05, 0) is 40.2 Å². The SMILES string of the molecule is C=C(Br)C(=O)Nc1cc(C(=O)Nc2cc(CNc3cc(C(=O)Nc4cc(C(=O)NCCNC(=N)N)n(C)c4)n(C)c3)n(C)c2)n(C)c1.Cl. The molecule has 16 nitrogen and oxygen atoms in total. The molecular formula is C30H38BrClN12O4. The van der Waals surface area contributed by atoms with E-state index in [1.807, 2.05) is 17.7 Å². The highest BCUT2D eigenvalue weighted by Gasteiger charge is 2.18. The molecule has 0 saturated carbocycles. The van der Waals surface area contributed by atoms with E-state index in [0.717, 1.165) is 5.69 Å². The number of halogens is 2. The Balaban J connectivity index is 0.00000625. The molecule has 0 atom stereocenters. The van der Waals surface area contributed by atoms with Crippen LogP contribution in [0.1, 0.15) is 37.2 Å². The van der Waals surface area contributed by atoms with Crippen molar-refractivity contribution in [1.29, 1.82) is 5.41 Å². The van der Waals surface area contributed by atoms with Crippen LogP contribution in [0, 0.1) is 5.41 Å². The van der Waals surface area contributed by atoms with Gasteiger partial charge >= 0.3 is 0 Å². The second-order valence-electron chi connectivity index (χ2n) is 10.7. The summed E-state index contributed by atoms with van der Waals surface area (Å²) >= 11 is 3.03. The van der Waals surface area contributed by atoms with Gasteiger partial charge in [0.25, 0.3) is 23.6 Å². The first-order valence-corrected chi connectivity index (χ1v) is 15.0. The van der Waals surface area contributed by atoms with Crippen molar-refractivity contribution in [1.82, 2.24) is 28.9 Å². The van der Waals surface area contributed by atoms with Crippen molar-refractivity contribution in [3.63, 3.8) is 0 Å². The van der Waals surface area contributed by atoms with E-state index in [2.05, 4.69) is 54.4 Å². The largest absolute Gasteiger partial charge is 0.378 e. The molecule has 0 aromatic carbocycles. The summed E-state index contributed by atoms with van der Waals surface area (Å²) in [5, 5.41) is 24.2. The minimum absolute atomic E-state index is 0. The van der Waals surface area contributed by atoms with Crippen LogP contribution < -0.4 is 37.6 Å². The van der Waals surface area contributed by atoms with Crippen LogP contribution in [-0.2, 0) is 39.5 Å². The van der Waals surface area contributed by atoms with Gasteiger partial charge in [-0.2, -0.15) is 0 Å². The maximum atomic E-state index is 13.1. The number of nitrogens with zero attached hydrogens (tertiary/aromatic N) is 4. The molecule has 4 heterocycles. The number of hydrogen-bond acceptors (Lipinski definition) is 6. The third-order valence-electron chi connectivity index (χ3n) is 7.04. The predicted octanol–water partition coefficient (Wildman–Crippen LogP) is 2.64. The number of amides is 4. The summed E-state index contributed by atoms with van der Waals surface area (Å²) in [4.78, 5) is 50.5. The minimum Gasteiger partial charge on any atom is -0.378 e. The van der Waals surface area contributed by atoms with Crippen molar-refractivity contribution >= 4 is 80.7 Å². The van der Waals surface area contributed by atoms with Gasteiger partial charge in [-0.25, -0.2) is 0 Å². The number of anilines is 4. The first-order valence-electron chi connectivity index (χ1n) is 14.2. The molecule has 48 heavy (non-hydrogen) atoms. The van der Waals surface area contributed by atoms with Gasteiger partial charge in [-0.3, -0.25) is 24.6 Å². The Morgan fingerprint density at radius 3 is 1.69 bits per heavy atom. The lowest BCUT2D eigenvalue weighted by Crippen LogP contribution is -2.38. The lowest BCUT2D eigenvalue weighted by molar-refractivity contribution is -0.112. The van der Waals surface area contributed by atoms with Gasteiger partial charge in [0, 0.05) is 71.8 Å². The molecule has 4 aromatic rings. The third kappa shape index (κ3) is 9.32. The number of rotatable bonds is 13. The maximum Gasteiger partial charge on any atom is 0.272 e. The maximum absolute atomic E-state index is 13.1. The molecule has 0 spiro atoms. The van der Waals surface area contributed by atoms with Crippen LogP contribution >= 0.6 is 28.3 Å². The molecular weight excluding hydrogens is 708 g/mol. The molecule has 4 amide bonds. The van der Waals surface area contributed by atoms with Crippen molar-refractivity contribution < 1.29 is 19.2 Å². The fraction of sp³-hybridized carbons (Fsp3) is 0.233. The van der Waals surface area contributed by atoms with Gasteiger partial charge in [0.2, 0.25) is 0 Å². The van der Waals surface area contributed by atoms with Gasteiger partial charge in [0.1, 0.15) is 17.1 Å². The number of nitrogens with two attached hydrogens (primary N) is 1. The van der Waals surface area contributed by atoms with Crippen LogP contribution in [0.2, 0.25) is 0 Å². The van der Waals surface area contributed by atoms with Crippen LogP contribution in [0.15, 0.2) is 60.1 Å². The summed E-state index contributed by atoms with van der Waals surface area (Å²) < 4.78 is 6.97. The van der Waals surface area contributed by atoms with Crippen LogP contribution in [0.25, 0.3) is 0 Å². The Labute approximate surface area is 291 Å². The number of carbonyl (C=O) groups is 4.